The molecule has 1 fully saturated rings. The van der Waals surface area contributed by atoms with E-state index in [1.165, 1.54) is 18.3 Å². The fourth-order valence-corrected chi connectivity index (χ4v) is 4.10. The second-order valence-electron chi connectivity index (χ2n) is 8.48. The lowest BCUT2D eigenvalue weighted by Crippen LogP contribution is -2.41. The number of alkyl halides is 3. The number of nitrogens with one attached hydrogen (secondary N) is 2. The first-order valence-electron chi connectivity index (χ1n) is 11.5. The zero-order valence-corrected chi connectivity index (χ0v) is 20.4. The van der Waals surface area contributed by atoms with Gasteiger partial charge in [0.2, 0.25) is 11.8 Å². The van der Waals surface area contributed by atoms with E-state index in [4.69, 9.17) is 16.3 Å². The van der Waals surface area contributed by atoms with Crippen molar-refractivity contribution in [1.29, 1.82) is 0 Å². The Hall–Kier alpha value is -3.63. The summed E-state index contributed by atoms with van der Waals surface area (Å²) in [4.78, 5) is 31.1. The molecule has 11 heteroatoms. The van der Waals surface area contributed by atoms with Gasteiger partial charge in [0, 0.05) is 31.9 Å². The van der Waals surface area contributed by atoms with E-state index in [1.807, 2.05) is 30.3 Å². The number of hydrogen-bond acceptors (Lipinski definition) is 5. The van der Waals surface area contributed by atoms with Gasteiger partial charge in [-0.05, 0) is 42.3 Å². The van der Waals surface area contributed by atoms with Crippen molar-refractivity contribution in [3.8, 4) is 11.6 Å². The standard InChI is InChI=1S/C26H24ClF3N4O3/c27-21-13-18(26(28,29)30)8-9-22(21)37-25-20(7-4-11-31-25)24(36)33-15-23(35)34-12-10-19(16-34)32-14-17-5-2-1-3-6-17/h1-9,11,13,19,32H,10,12,14-16H2,(H,33,36). The summed E-state index contributed by atoms with van der Waals surface area (Å²) >= 11 is 5.95. The second-order valence-corrected chi connectivity index (χ2v) is 8.88. The molecule has 0 saturated carbocycles. The van der Waals surface area contributed by atoms with Crippen LogP contribution in [0.4, 0.5) is 13.2 Å². The van der Waals surface area contributed by atoms with Crippen molar-refractivity contribution >= 4 is 23.4 Å². The van der Waals surface area contributed by atoms with Gasteiger partial charge in [-0.25, -0.2) is 4.98 Å². The van der Waals surface area contributed by atoms with Crippen LogP contribution < -0.4 is 15.4 Å². The number of ether oxygens (including phenoxy) is 1. The van der Waals surface area contributed by atoms with Crippen molar-refractivity contribution in [2.24, 2.45) is 0 Å². The first-order chi connectivity index (χ1) is 17.7. The number of aromatic nitrogens is 1. The first kappa shape index (κ1) is 26.4. The van der Waals surface area contributed by atoms with Crippen LogP contribution in [-0.4, -0.2) is 47.4 Å². The first-order valence-corrected chi connectivity index (χ1v) is 11.9. The lowest BCUT2D eigenvalue weighted by atomic mass is 10.2. The molecule has 1 aliphatic heterocycles. The summed E-state index contributed by atoms with van der Waals surface area (Å²) in [5.41, 5.74) is 0.239. The van der Waals surface area contributed by atoms with Gasteiger partial charge < -0.3 is 20.3 Å². The highest BCUT2D eigenvalue weighted by atomic mass is 35.5. The molecule has 1 atom stereocenters. The Balaban J connectivity index is 1.31. The van der Waals surface area contributed by atoms with Gasteiger partial charge in [-0.3, -0.25) is 9.59 Å². The highest BCUT2D eigenvalue weighted by Gasteiger charge is 2.31. The number of nitrogens with zero attached hydrogens (tertiary/aromatic N) is 2. The van der Waals surface area contributed by atoms with Crippen molar-refractivity contribution in [3.05, 3.63) is 88.6 Å². The third-order valence-corrected chi connectivity index (χ3v) is 6.16. The van der Waals surface area contributed by atoms with Gasteiger partial charge in [0.1, 0.15) is 11.3 Å². The van der Waals surface area contributed by atoms with Gasteiger partial charge in [0.05, 0.1) is 17.1 Å². The minimum atomic E-state index is -4.56. The summed E-state index contributed by atoms with van der Waals surface area (Å²) in [6.45, 7) is 1.60. The number of carbonyl (C=O) groups is 2. The topological polar surface area (TPSA) is 83.6 Å². The second kappa shape index (κ2) is 11.6. The Morgan fingerprint density at radius 2 is 1.89 bits per heavy atom. The molecule has 1 saturated heterocycles. The molecule has 2 N–H and O–H groups in total. The molecule has 0 spiro atoms. The number of rotatable bonds is 8. The van der Waals surface area contributed by atoms with Gasteiger partial charge in [0.15, 0.2) is 0 Å². The van der Waals surface area contributed by atoms with E-state index in [0.29, 0.717) is 19.6 Å². The molecule has 0 aliphatic carbocycles. The van der Waals surface area contributed by atoms with Gasteiger partial charge in [-0.15, -0.1) is 0 Å². The normalized spacial score (nSPS) is 15.5. The average molecular weight is 533 g/mol. The zero-order valence-electron chi connectivity index (χ0n) is 19.6. The predicted octanol–water partition coefficient (Wildman–Crippen LogP) is 4.67. The third kappa shape index (κ3) is 6.99. The highest BCUT2D eigenvalue weighted by Crippen LogP contribution is 2.36. The summed E-state index contributed by atoms with van der Waals surface area (Å²) in [5, 5.41) is 5.72. The Morgan fingerprint density at radius 3 is 2.62 bits per heavy atom. The number of carbonyl (C=O) groups excluding carboxylic acids is 2. The summed E-state index contributed by atoms with van der Waals surface area (Å²) in [5.74, 6) is -1.09. The van der Waals surface area contributed by atoms with Crippen LogP contribution in [0, 0.1) is 0 Å². The number of hydrogen-bond donors (Lipinski definition) is 2. The van der Waals surface area contributed by atoms with Crippen LogP contribution in [0.1, 0.15) is 27.9 Å². The molecule has 194 valence electrons. The molecule has 1 aliphatic rings. The molecule has 2 heterocycles. The highest BCUT2D eigenvalue weighted by molar-refractivity contribution is 6.32. The van der Waals surface area contributed by atoms with E-state index in [0.717, 1.165) is 30.2 Å². The minimum absolute atomic E-state index is 0.00934. The van der Waals surface area contributed by atoms with Gasteiger partial charge in [-0.2, -0.15) is 13.2 Å². The average Bonchev–Trinajstić information content (AvgIpc) is 3.36. The molecular weight excluding hydrogens is 509 g/mol. The molecule has 3 aromatic rings. The van der Waals surface area contributed by atoms with E-state index < -0.39 is 17.6 Å². The van der Waals surface area contributed by atoms with Crippen LogP contribution in [0.15, 0.2) is 66.9 Å². The van der Waals surface area contributed by atoms with E-state index in [-0.39, 0.29) is 40.7 Å². The molecule has 0 radical (unpaired) electrons. The van der Waals surface area contributed by atoms with Crippen molar-refractivity contribution in [2.45, 2.75) is 25.2 Å². The van der Waals surface area contributed by atoms with Crippen LogP contribution in [0.25, 0.3) is 0 Å². The smallest absolute Gasteiger partial charge is 0.416 e. The number of pyridine rings is 1. The monoisotopic (exact) mass is 532 g/mol. The van der Waals surface area contributed by atoms with Gasteiger partial charge in [-0.1, -0.05) is 41.9 Å². The third-order valence-electron chi connectivity index (χ3n) is 5.86. The Labute approximate surface area is 216 Å². The molecule has 0 bridgehead atoms. The quantitative estimate of drug-likeness (QED) is 0.441. The maximum atomic E-state index is 12.9. The van der Waals surface area contributed by atoms with Crippen LogP contribution in [0.5, 0.6) is 11.6 Å². The summed E-state index contributed by atoms with van der Waals surface area (Å²) in [6.07, 6.45) is -2.39. The van der Waals surface area contributed by atoms with Crippen molar-refractivity contribution < 1.29 is 27.5 Å². The van der Waals surface area contributed by atoms with Crippen LogP contribution in [0.3, 0.4) is 0 Å². The largest absolute Gasteiger partial charge is 0.437 e. The molecule has 1 unspecified atom stereocenters. The lowest BCUT2D eigenvalue weighted by Gasteiger charge is -2.18. The van der Waals surface area contributed by atoms with Crippen molar-refractivity contribution in [2.75, 3.05) is 19.6 Å². The predicted molar refractivity (Wildman–Crippen MR) is 131 cm³/mol. The zero-order chi connectivity index (χ0) is 26.4. The van der Waals surface area contributed by atoms with Crippen LogP contribution >= 0.6 is 11.6 Å². The Kier molecular flexibility index (Phi) is 8.30. The summed E-state index contributed by atoms with van der Waals surface area (Å²) in [7, 11) is 0. The summed E-state index contributed by atoms with van der Waals surface area (Å²) < 4.78 is 44.2. The van der Waals surface area contributed by atoms with E-state index in [2.05, 4.69) is 15.6 Å². The van der Waals surface area contributed by atoms with Gasteiger partial charge in [0.25, 0.3) is 5.91 Å². The summed E-state index contributed by atoms with van der Waals surface area (Å²) in [6, 6.07) is 15.7. The van der Waals surface area contributed by atoms with Crippen molar-refractivity contribution in [3.63, 3.8) is 0 Å². The van der Waals surface area contributed by atoms with Crippen molar-refractivity contribution in [1.82, 2.24) is 20.5 Å². The molecular formula is C26H24ClF3N4O3. The van der Waals surface area contributed by atoms with E-state index in [1.54, 1.807) is 4.90 Å². The molecule has 37 heavy (non-hydrogen) atoms. The SMILES string of the molecule is O=C(NCC(=O)N1CCC(NCc2ccccc2)C1)c1cccnc1Oc1ccc(C(F)(F)F)cc1Cl. The number of halogens is 4. The maximum absolute atomic E-state index is 12.9. The maximum Gasteiger partial charge on any atom is 0.416 e. The minimum Gasteiger partial charge on any atom is -0.437 e. The molecule has 4 rings (SSSR count). The Morgan fingerprint density at radius 1 is 1.11 bits per heavy atom. The van der Waals surface area contributed by atoms with E-state index >= 15 is 0 Å². The number of likely N-dealkylation sites (tertiary alicyclic amines) is 1. The van der Waals surface area contributed by atoms with Gasteiger partial charge >= 0.3 is 6.18 Å². The van der Waals surface area contributed by atoms with Crippen LogP contribution in [0.2, 0.25) is 5.02 Å². The number of amides is 2. The molecule has 2 amide bonds. The molecule has 1 aromatic heterocycles. The fraction of sp³-hybridized carbons (Fsp3) is 0.269. The van der Waals surface area contributed by atoms with Crippen LogP contribution in [-0.2, 0) is 17.5 Å². The fourth-order valence-electron chi connectivity index (χ4n) is 3.88. The lowest BCUT2D eigenvalue weighted by molar-refractivity contribution is -0.137. The molecule has 7 nitrogen and oxygen atoms in total. The number of benzene rings is 2. The Bertz CT molecular complexity index is 1260. The molecule has 2 aromatic carbocycles. The van der Waals surface area contributed by atoms with E-state index in [9.17, 15) is 22.8 Å².